The zero-order chi connectivity index (χ0) is 19.4. The first kappa shape index (κ1) is 18.7. The highest BCUT2D eigenvalue weighted by molar-refractivity contribution is 7.92. The van der Waals surface area contributed by atoms with Crippen molar-refractivity contribution in [2.75, 3.05) is 6.54 Å². The summed E-state index contributed by atoms with van der Waals surface area (Å²) in [5.74, 6) is -0.0592. The molecule has 6 heteroatoms. The van der Waals surface area contributed by atoms with E-state index in [-0.39, 0.29) is 5.92 Å². The molecular weight excluding hydrogens is 388 g/mol. The number of benzene rings is 2. The lowest BCUT2D eigenvalue weighted by atomic mass is 9.97. The average molecular weight is 409 g/mol. The number of fused-ring (bicyclic) bond motifs is 1. The Bertz CT molecular complexity index is 1180. The van der Waals surface area contributed by atoms with Gasteiger partial charge in [-0.25, -0.2) is 13.1 Å². The van der Waals surface area contributed by atoms with Crippen LogP contribution in [0.1, 0.15) is 21.9 Å². The van der Waals surface area contributed by atoms with Gasteiger partial charge >= 0.3 is 0 Å². The van der Waals surface area contributed by atoms with Gasteiger partial charge in [0.15, 0.2) is 0 Å². The van der Waals surface area contributed by atoms with E-state index in [4.69, 9.17) is 0 Å². The number of aromatic nitrogens is 1. The third-order valence-corrected chi connectivity index (χ3v) is 6.66. The third-order valence-electron chi connectivity index (χ3n) is 4.61. The van der Waals surface area contributed by atoms with E-state index in [1.807, 2.05) is 72.2 Å². The lowest BCUT2D eigenvalue weighted by Gasteiger charge is -2.15. The lowest BCUT2D eigenvalue weighted by molar-refractivity contribution is 0.587. The Kier molecular flexibility index (Phi) is 5.43. The molecule has 0 aliphatic carbocycles. The molecule has 4 rings (SSSR count). The zero-order valence-corrected chi connectivity index (χ0v) is 16.7. The first-order chi connectivity index (χ1) is 13.6. The summed E-state index contributed by atoms with van der Waals surface area (Å²) in [5, 5.41) is 4.35. The monoisotopic (exact) mass is 408 g/mol. The molecule has 0 fully saturated rings. The summed E-state index contributed by atoms with van der Waals surface area (Å²) in [6, 6.07) is 21.5. The van der Waals surface area contributed by atoms with Gasteiger partial charge in [0.1, 0.15) is 0 Å². The van der Waals surface area contributed by atoms with Crippen LogP contribution in [0.15, 0.2) is 83.7 Å². The van der Waals surface area contributed by atoms with E-state index in [0.717, 1.165) is 26.9 Å². The SMILES string of the molecule is O=S(=O)(/C=C/c1ccccc1)NC[C@@H](c1cccs1)c1c[nH]c2ccccc12. The summed E-state index contributed by atoms with van der Waals surface area (Å²) >= 11 is 1.63. The zero-order valence-electron chi connectivity index (χ0n) is 15.1. The molecule has 2 aromatic heterocycles. The van der Waals surface area contributed by atoms with E-state index < -0.39 is 10.0 Å². The predicted molar refractivity (Wildman–Crippen MR) is 117 cm³/mol. The van der Waals surface area contributed by atoms with Crippen molar-refractivity contribution in [1.82, 2.24) is 9.71 Å². The highest BCUT2D eigenvalue weighted by atomic mass is 32.2. The van der Waals surface area contributed by atoms with Crippen LogP contribution >= 0.6 is 11.3 Å². The maximum Gasteiger partial charge on any atom is 0.233 e. The standard InChI is InChI=1S/C22H20N2O2S2/c25-28(26,14-12-17-7-2-1-3-8-17)24-16-20(22-11-6-13-27-22)19-15-23-21-10-5-4-9-18(19)21/h1-15,20,23-24H,16H2/b14-12+/t20-/m1/s1. The minimum atomic E-state index is -3.55. The molecule has 28 heavy (non-hydrogen) atoms. The van der Waals surface area contributed by atoms with Gasteiger partial charge in [-0.15, -0.1) is 11.3 Å². The van der Waals surface area contributed by atoms with Crippen molar-refractivity contribution in [2.45, 2.75) is 5.92 Å². The second-order valence-corrected chi connectivity index (χ2v) is 9.09. The molecule has 0 saturated heterocycles. The molecule has 142 valence electrons. The summed E-state index contributed by atoms with van der Waals surface area (Å²) in [6.07, 6.45) is 3.58. The van der Waals surface area contributed by atoms with Crippen molar-refractivity contribution in [1.29, 1.82) is 0 Å². The number of hydrogen-bond donors (Lipinski definition) is 2. The van der Waals surface area contributed by atoms with Crippen LogP contribution in [0.4, 0.5) is 0 Å². The largest absolute Gasteiger partial charge is 0.361 e. The quantitative estimate of drug-likeness (QED) is 0.454. The smallest absolute Gasteiger partial charge is 0.233 e. The van der Waals surface area contributed by atoms with Gasteiger partial charge < -0.3 is 4.98 Å². The fourth-order valence-corrected chi connectivity index (χ4v) is 4.89. The molecule has 0 aliphatic rings. The fourth-order valence-electron chi connectivity index (χ4n) is 3.22. The molecule has 0 saturated carbocycles. The summed E-state index contributed by atoms with van der Waals surface area (Å²) in [5.41, 5.74) is 2.98. The minimum Gasteiger partial charge on any atom is -0.361 e. The first-order valence-electron chi connectivity index (χ1n) is 8.94. The van der Waals surface area contributed by atoms with Crippen molar-refractivity contribution in [2.24, 2.45) is 0 Å². The van der Waals surface area contributed by atoms with Gasteiger partial charge in [0.05, 0.1) is 0 Å². The van der Waals surface area contributed by atoms with E-state index in [2.05, 4.69) is 15.8 Å². The van der Waals surface area contributed by atoms with Gasteiger partial charge in [0.2, 0.25) is 10.0 Å². The summed E-state index contributed by atoms with van der Waals surface area (Å²) in [4.78, 5) is 4.41. The summed E-state index contributed by atoms with van der Waals surface area (Å²) < 4.78 is 27.8. The van der Waals surface area contributed by atoms with E-state index >= 15 is 0 Å². The maximum absolute atomic E-state index is 12.5. The highest BCUT2D eigenvalue weighted by Gasteiger charge is 2.20. The van der Waals surface area contributed by atoms with E-state index in [1.54, 1.807) is 17.4 Å². The molecule has 0 unspecified atom stereocenters. The number of rotatable bonds is 7. The van der Waals surface area contributed by atoms with Gasteiger partial charge in [-0.1, -0.05) is 54.6 Å². The van der Waals surface area contributed by atoms with Crippen LogP contribution in [0.2, 0.25) is 0 Å². The van der Waals surface area contributed by atoms with Gasteiger partial charge in [0, 0.05) is 39.8 Å². The van der Waals surface area contributed by atoms with Crippen LogP contribution in [-0.2, 0) is 10.0 Å². The normalized spacial score (nSPS) is 13.3. The van der Waals surface area contributed by atoms with Crippen molar-refractivity contribution in [3.63, 3.8) is 0 Å². The topological polar surface area (TPSA) is 62.0 Å². The van der Waals surface area contributed by atoms with Crippen LogP contribution in [0.25, 0.3) is 17.0 Å². The molecule has 0 radical (unpaired) electrons. The van der Waals surface area contributed by atoms with Crippen LogP contribution in [0.3, 0.4) is 0 Å². The van der Waals surface area contributed by atoms with E-state index in [9.17, 15) is 8.42 Å². The predicted octanol–water partition coefficient (Wildman–Crippen LogP) is 4.95. The Morgan fingerprint density at radius 1 is 1.00 bits per heavy atom. The molecule has 0 bridgehead atoms. The molecule has 0 spiro atoms. The van der Waals surface area contributed by atoms with Crippen molar-refractivity contribution in [3.8, 4) is 0 Å². The molecule has 1 atom stereocenters. The van der Waals surface area contributed by atoms with Crippen LogP contribution in [0, 0.1) is 0 Å². The number of thiophene rings is 1. The van der Waals surface area contributed by atoms with Gasteiger partial charge in [-0.2, -0.15) is 0 Å². The summed E-state index contributed by atoms with van der Waals surface area (Å²) in [6.45, 7) is 0.295. The van der Waals surface area contributed by atoms with Crippen molar-refractivity contribution >= 4 is 38.3 Å². The molecule has 4 nitrogen and oxygen atoms in total. The molecular formula is C22H20N2O2S2. The van der Waals surface area contributed by atoms with E-state index in [0.29, 0.717) is 6.54 Å². The van der Waals surface area contributed by atoms with Gasteiger partial charge in [0.25, 0.3) is 0 Å². The Morgan fingerprint density at radius 3 is 2.57 bits per heavy atom. The average Bonchev–Trinajstić information content (AvgIpc) is 3.39. The molecule has 4 aromatic rings. The number of para-hydroxylation sites is 1. The van der Waals surface area contributed by atoms with Gasteiger partial charge in [-0.05, 0) is 34.7 Å². The fraction of sp³-hybridized carbons (Fsp3) is 0.0909. The van der Waals surface area contributed by atoms with Crippen LogP contribution in [0.5, 0.6) is 0 Å². The Balaban J connectivity index is 1.58. The molecule has 0 aliphatic heterocycles. The van der Waals surface area contributed by atoms with Crippen LogP contribution < -0.4 is 4.72 Å². The van der Waals surface area contributed by atoms with Crippen LogP contribution in [-0.4, -0.2) is 19.9 Å². The molecule has 0 amide bonds. The lowest BCUT2D eigenvalue weighted by Crippen LogP contribution is -2.27. The first-order valence-corrected chi connectivity index (χ1v) is 11.4. The van der Waals surface area contributed by atoms with Crippen molar-refractivity contribution in [3.05, 3.63) is 99.7 Å². The molecule has 2 heterocycles. The Morgan fingerprint density at radius 2 is 1.79 bits per heavy atom. The Labute approximate surface area is 168 Å². The minimum absolute atomic E-state index is 0.0592. The maximum atomic E-state index is 12.5. The number of sulfonamides is 1. The second kappa shape index (κ2) is 8.14. The Hall–Kier alpha value is -2.67. The summed E-state index contributed by atoms with van der Waals surface area (Å²) in [7, 11) is -3.55. The number of aromatic amines is 1. The highest BCUT2D eigenvalue weighted by Crippen LogP contribution is 2.32. The van der Waals surface area contributed by atoms with Gasteiger partial charge in [-0.3, -0.25) is 0 Å². The molecule has 2 aromatic carbocycles. The number of H-pyrrole nitrogens is 1. The number of hydrogen-bond acceptors (Lipinski definition) is 3. The van der Waals surface area contributed by atoms with E-state index in [1.165, 1.54) is 5.41 Å². The molecule has 2 N–H and O–H groups in total. The van der Waals surface area contributed by atoms with Crippen molar-refractivity contribution < 1.29 is 8.42 Å². The second-order valence-electron chi connectivity index (χ2n) is 6.46. The third kappa shape index (κ3) is 4.25. The number of nitrogens with one attached hydrogen (secondary N) is 2.